The summed E-state index contributed by atoms with van der Waals surface area (Å²) in [6.45, 7) is 15.3. The smallest absolute Gasteiger partial charge is 0.246 e. The van der Waals surface area contributed by atoms with Crippen molar-refractivity contribution in [2.75, 3.05) is 105 Å². The number of allylic oxidation sites excluding steroid dienone is 1. The average Bonchev–Trinajstić information content (AvgIpc) is 3.37. The Morgan fingerprint density at radius 1 is 0.506 bits per heavy atom. The lowest BCUT2D eigenvalue weighted by Crippen LogP contribution is -2.43. The SMILES string of the molecule is C.CC.CC(=O)CN[C@@H](CCCCNC(=O)COCCOCCNC(=O)COCCOCCNC(=O)CCCC(=O)NCCCC[C@H](N)C(=O)NCCCC[C@H](NCC(C)=O)C(N)=O)C(N)=O.CC=CSC.CCC(C)=O. The van der Waals surface area contributed by atoms with Crippen LogP contribution in [0.2, 0.25) is 0 Å². The molecule has 0 aromatic carbocycles. The van der Waals surface area contributed by atoms with E-state index in [1.807, 2.05) is 45.4 Å². The Balaban J connectivity index is -0.00000119. The first-order chi connectivity index (χ1) is 36.3. The van der Waals surface area contributed by atoms with Crippen molar-refractivity contribution in [3.05, 3.63) is 11.5 Å². The van der Waals surface area contributed by atoms with Gasteiger partial charge in [0.05, 0.1) is 70.9 Å². The van der Waals surface area contributed by atoms with Crippen LogP contribution in [0.4, 0.5) is 0 Å². The number of amides is 7. The predicted octanol–water partition coefficient (Wildman–Crippen LogP) is 1.24. The van der Waals surface area contributed by atoms with Crippen LogP contribution in [0.15, 0.2) is 11.5 Å². The summed E-state index contributed by atoms with van der Waals surface area (Å²) in [5, 5.41) is 21.3. The maximum Gasteiger partial charge on any atom is 0.246 e. The van der Waals surface area contributed by atoms with Gasteiger partial charge < -0.3 is 67.5 Å². The molecule has 0 aromatic rings. The molecule has 0 heterocycles. The number of ketones is 3. The van der Waals surface area contributed by atoms with Crippen LogP contribution in [-0.2, 0) is 66.9 Å². The predicted molar refractivity (Wildman–Crippen MR) is 302 cm³/mol. The van der Waals surface area contributed by atoms with Crippen molar-refractivity contribution in [1.29, 1.82) is 0 Å². The van der Waals surface area contributed by atoms with E-state index in [1.54, 1.807) is 18.7 Å². The summed E-state index contributed by atoms with van der Waals surface area (Å²) in [4.78, 5) is 115. The summed E-state index contributed by atoms with van der Waals surface area (Å²) in [6.07, 6.45) is 10.7. The third kappa shape index (κ3) is 63.5. The molecule has 0 spiro atoms. The monoisotopic (exact) mass is 1120 g/mol. The molecule has 3 atom stereocenters. The number of primary amides is 2. The molecule has 13 N–H and O–H groups in total. The van der Waals surface area contributed by atoms with Crippen LogP contribution >= 0.6 is 11.8 Å². The van der Waals surface area contributed by atoms with Gasteiger partial charge in [0.1, 0.15) is 30.6 Å². The number of carbonyl (C=O) groups is 10. The fourth-order valence-electron chi connectivity index (χ4n) is 5.71. The first kappa shape index (κ1) is 81.0. The molecule has 0 fully saturated rings. The van der Waals surface area contributed by atoms with Crippen molar-refractivity contribution in [2.24, 2.45) is 17.2 Å². The first-order valence-corrected chi connectivity index (χ1v) is 27.7. The highest BCUT2D eigenvalue weighted by molar-refractivity contribution is 8.01. The van der Waals surface area contributed by atoms with Crippen LogP contribution in [-0.4, -0.2) is 182 Å². The number of nitrogens with two attached hydrogens (primary N) is 3. The normalized spacial score (nSPS) is 11.5. The quantitative estimate of drug-likeness (QED) is 0.0383. The molecule has 0 bridgehead atoms. The van der Waals surface area contributed by atoms with Crippen LogP contribution in [0.3, 0.4) is 0 Å². The van der Waals surface area contributed by atoms with Crippen LogP contribution in [0.25, 0.3) is 0 Å². The highest BCUT2D eigenvalue weighted by Gasteiger charge is 2.17. The van der Waals surface area contributed by atoms with Crippen LogP contribution in [0, 0.1) is 0 Å². The topological polar surface area (TPSA) is 370 Å². The summed E-state index contributed by atoms with van der Waals surface area (Å²) >= 11 is 1.72. The second kappa shape index (κ2) is 60.3. The Bertz CT molecular complexity index is 1610. The third-order valence-electron chi connectivity index (χ3n) is 9.87. The van der Waals surface area contributed by atoms with E-state index >= 15 is 0 Å². The van der Waals surface area contributed by atoms with E-state index in [4.69, 9.17) is 36.1 Å². The number of nitrogens with one attached hydrogen (secondary N) is 7. The van der Waals surface area contributed by atoms with Crippen LogP contribution < -0.4 is 54.4 Å². The molecule has 24 nitrogen and oxygen atoms in total. The van der Waals surface area contributed by atoms with Crippen molar-refractivity contribution >= 4 is 70.5 Å². The zero-order valence-electron chi connectivity index (χ0n) is 47.0. The van der Waals surface area contributed by atoms with Crippen molar-refractivity contribution in [2.45, 2.75) is 157 Å². The molecular formula is C52H102N10O14S. The number of hydrogen-bond acceptors (Lipinski definition) is 18. The molecule has 0 rings (SSSR count). The summed E-state index contributed by atoms with van der Waals surface area (Å²) in [5.74, 6) is -2.23. The van der Waals surface area contributed by atoms with Gasteiger partial charge in [-0.25, -0.2) is 0 Å². The van der Waals surface area contributed by atoms with Crippen LogP contribution in [0.5, 0.6) is 0 Å². The molecule has 77 heavy (non-hydrogen) atoms. The molecule has 7 amide bonds. The molecule has 0 aliphatic carbocycles. The number of Topliss-reactive ketones (excluding diaryl/α,β-unsaturated/α-hetero) is 3. The van der Waals surface area contributed by atoms with Crippen molar-refractivity contribution < 1.29 is 66.9 Å². The van der Waals surface area contributed by atoms with Gasteiger partial charge in [-0.15, -0.1) is 11.8 Å². The number of carbonyl (C=O) groups excluding carboxylic acids is 10. The molecule has 0 aliphatic rings. The summed E-state index contributed by atoms with van der Waals surface area (Å²) in [5.41, 5.74) is 16.7. The highest BCUT2D eigenvalue weighted by atomic mass is 32.2. The minimum absolute atomic E-state index is 0. The Hall–Kier alpha value is -4.89. The van der Waals surface area contributed by atoms with Crippen molar-refractivity contribution in [1.82, 2.24) is 37.2 Å². The van der Waals surface area contributed by atoms with E-state index in [0.29, 0.717) is 90.3 Å². The molecule has 0 saturated carbocycles. The fraction of sp³-hybridized carbons (Fsp3) is 0.769. The first-order valence-electron chi connectivity index (χ1n) is 26.4. The zero-order chi connectivity index (χ0) is 58.2. The van der Waals surface area contributed by atoms with E-state index in [2.05, 4.69) is 37.2 Å². The van der Waals surface area contributed by atoms with Crippen molar-refractivity contribution in [3.63, 3.8) is 0 Å². The standard InChI is InChI=1S/C41H76N10O13.C4H8O.C4H8S.C2H6.CH4/c1-30(52)26-50-33(39(43)58)11-4-7-16-46-37(56)28-63-24-23-62-21-19-48-38(57)29-64-25-22-61-20-18-47-36(55)14-9-13-35(54)45-15-6-3-10-32(42)41(60)49-17-8-5-12-34(40(44)59)51-27-31(2)53;1-3-4(2)5;1-3-4-5-2;1-2;/h32-34,50-51H,3-29,42H2,1-2H3,(H2,43,58)(H2,44,59)(H,45,54)(H,46,56)(H,47,55)(H,48,57)(H,49,60);3H2,1-2H3;3-4H,1-2H3;1-2H3;1H4/t32-,33-,34-;;;;/m0..../s1. The lowest BCUT2D eigenvalue weighted by molar-refractivity contribution is -0.127. The van der Waals surface area contributed by atoms with Gasteiger partial charge in [0.25, 0.3) is 0 Å². The van der Waals surface area contributed by atoms with E-state index in [9.17, 15) is 47.9 Å². The maximum atomic E-state index is 12.2. The van der Waals surface area contributed by atoms with Gasteiger partial charge in [-0.2, -0.15) is 0 Å². The van der Waals surface area contributed by atoms with Gasteiger partial charge in [-0.05, 0) is 104 Å². The second-order valence-corrected chi connectivity index (χ2v) is 17.5. The number of rotatable bonds is 46. The minimum Gasteiger partial charge on any atom is -0.377 e. The van der Waals surface area contributed by atoms with E-state index in [1.165, 1.54) is 13.8 Å². The number of unbranched alkanes of at least 4 members (excludes halogenated alkanes) is 3. The van der Waals surface area contributed by atoms with Gasteiger partial charge >= 0.3 is 0 Å². The van der Waals surface area contributed by atoms with Gasteiger partial charge in [0, 0.05) is 52.0 Å². The van der Waals surface area contributed by atoms with E-state index in [0.717, 1.165) is 0 Å². The van der Waals surface area contributed by atoms with Gasteiger partial charge in [0.15, 0.2) is 0 Å². The van der Waals surface area contributed by atoms with Crippen LogP contribution in [0.1, 0.15) is 139 Å². The largest absolute Gasteiger partial charge is 0.377 e. The number of thioether (sulfide) groups is 1. The fourth-order valence-corrected chi connectivity index (χ4v) is 5.98. The zero-order valence-corrected chi connectivity index (χ0v) is 47.9. The molecule has 0 saturated heterocycles. The molecular weight excluding hydrogens is 1020 g/mol. The molecule has 450 valence electrons. The summed E-state index contributed by atoms with van der Waals surface area (Å²) in [7, 11) is 0. The number of hydrogen-bond donors (Lipinski definition) is 10. The van der Waals surface area contributed by atoms with Gasteiger partial charge in [-0.1, -0.05) is 34.3 Å². The Kier molecular flexibility index (Phi) is 63.4. The van der Waals surface area contributed by atoms with E-state index < -0.39 is 29.9 Å². The molecule has 25 heteroatoms. The number of ether oxygens (including phenoxy) is 4. The Morgan fingerprint density at radius 2 is 0.870 bits per heavy atom. The van der Waals surface area contributed by atoms with Gasteiger partial charge in [-0.3, -0.25) is 53.8 Å². The molecule has 0 radical (unpaired) electrons. The molecule has 0 aromatic heterocycles. The lowest BCUT2D eigenvalue weighted by Gasteiger charge is -2.15. The molecule has 0 aliphatic heterocycles. The van der Waals surface area contributed by atoms with Crippen molar-refractivity contribution in [3.8, 4) is 0 Å². The van der Waals surface area contributed by atoms with E-state index in [-0.39, 0.29) is 146 Å². The lowest BCUT2D eigenvalue weighted by atomic mass is 10.1. The summed E-state index contributed by atoms with van der Waals surface area (Å²) in [6, 6.07) is -1.87. The molecule has 0 unspecified atom stereocenters. The maximum absolute atomic E-state index is 12.2. The minimum atomic E-state index is -0.678. The van der Waals surface area contributed by atoms with Gasteiger partial charge in [0.2, 0.25) is 41.4 Å². The Labute approximate surface area is 464 Å². The second-order valence-electron chi connectivity index (χ2n) is 16.8. The third-order valence-corrected chi connectivity index (χ3v) is 10.4. The summed E-state index contributed by atoms with van der Waals surface area (Å²) < 4.78 is 21.3. The Morgan fingerprint density at radius 3 is 1.23 bits per heavy atom. The highest BCUT2D eigenvalue weighted by Crippen LogP contribution is 2.03. The average molecular weight is 1120 g/mol.